The summed E-state index contributed by atoms with van der Waals surface area (Å²) in [7, 11) is 1.65. The van der Waals surface area contributed by atoms with Gasteiger partial charge in [-0.05, 0) is 12.8 Å². The molecule has 1 heterocycles. The van der Waals surface area contributed by atoms with E-state index in [4.69, 9.17) is 0 Å². The van der Waals surface area contributed by atoms with Gasteiger partial charge in [0.1, 0.15) is 6.33 Å². The molecule has 3 nitrogen and oxygen atoms in total. The van der Waals surface area contributed by atoms with E-state index in [1.54, 1.807) is 7.05 Å². The lowest BCUT2D eigenvalue weighted by atomic mass is 10.2. The van der Waals surface area contributed by atoms with Crippen LogP contribution in [0.4, 0.5) is 10.2 Å². The van der Waals surface area contributed by atoms with Crippen LogP contribution in [0.1, 0.15) is 24.5 Å². The number of anilines is 1. The van der Waals surface area contributed by atoms with Crippen LogP contribution < -0.4 is 5.32 Å². The summed E-state index contributed by atoms with van der Waals surface area (Å²) in [5, 5.41) is 2.69. The molecule has 1 fully saturated rings. The zero-order valence-corrected chi connectivity index (χ0v) is 6.84. The maximum absolute atomic E-state index is 13.4. The van der Waals surface area contributed by atoms with Crippen molar-refractivity contribution in [3.63, 3.8) is 0 Å². The molecule has 1 N–H and O–H groups in total. The second-order valence-electron chi connectivity index (χ2n) is 2.95. The maximum Gasteiger partial charge on any atom is 0.187 e. The Morgan fingerprint density at radius 3 is 2.83 bits per heavy atom. The Morgan fingerprint density at radius 1 is 1.50 bits per heavy atom. The van der Waals surface area contributed by atoms with E-state index in [1.165, 1.54) is 6.33 Å². The smallest absolute Gasteiger partial charge is 0.187 e. The second kappa shape index (κ2) is 2.69. The maximum atomic E-state index is 13.4. The summed E-state index contributed by atoms with van der Waals surface area (Å²) >= 11 is 0. The topological polar surface area (TPSA) is 37.8 Å². The van der Waals surface area contributed by atoms with Gasteiger partial charge in [-0.15, -0.1) is 0 Å². The van der Waals surface area contributed by atoms with Gasteiger partial charge in [-0.2, -0.15) is 0 Å². The Labute approximate surface area is 70.0 Å². The van der Waals surface area contributed by atoms with Crippen LogP contribution in [0.25, 0.3) is 0 Å². The highest BCUT2D eigenvalue weighted by Crippen LogP contribution is 2.40. The minimum Gasteiger partial charge on any atom is -0.371 e. The molecule has 12 heavy (non-hydrogen) atoms. The molecule has 1 aliphatic rings. The highest BCUT2D eigenvalue weighted by molar-refractivity contribution is 5.38. The Balaban J connectivity index is 2.40. The van der Waals surface area contributed by atoms with Gasteiger partial charge < -0.3 is 5.32 Å². The van der Waals surface area contributed by atoms with E-state index in [0.29, 0.717) is 17.4 Å². The van der Waals surface area contributed by atoms with Gasteiger partial charge in [-0.25, -0.2) is 14.4 Å². The van der Waals surface area contributed by atoms with Crippen LogP contribution in [0, 0.1) is 5.82 Å². The molecule has 0 aliphatic heterocycles. The van der Waals surface area contributed by atoms with Crippen LogP contribution in [0.5, 0.6) is 0 Å². The molecule has 0 unspecified atom stereocenters. The summed E-state index contributed by atoms with van der Waals surface area (Å²) in [5.41, 5.74) is 0.564. The molecule has 0 radical (unpaired) electrons. The first kappa shape index (κ1) is 7.46. The molecule has 1 aromatic rings. The molecule has 64 valence electrons. The summed E-state index contributed by atoms with van der Waals surface area (Å²) < 4.78 is 13.4. The van der Waals surface area contributed by atoms with Crippen molar-refractivity contribution in [2.75, 3.05) is 12.4 Å². The van der Waals surface area contributed by atoms with E-state index in [1.807, 2.05) is 0 Å². The quantitative estimate of drug-likeness (QED) is 0.725. The number of hydrogen-bond donors (Lipinski definition) is 1. The van der Waals surface area contributed by atoms with Crippen molar-refractivity contribution < 1.29 is 4.39 Å². The molecule has 0 saturated heterocycles. The van der Waals surface area contributed by atoms with Crippen molar-refractivity contribution >= 4 is 5.82 Å². The van der Waals surface area contributed by atoms with Crippen molar-refractivity contribution in [2.45, 2.75) is 18.8 Å². The molecule has 1 aromatic heterocycles. The molecule has 0 atom stereocenters. The van der Waals surface area contributed by atoms with Gasteiger partial charge >= 0.3 is 0 Å². The average Bonchev–Trinajstić information content (AvgIpc) is 2.88. The molecule has 4 heteroatoms. The van der Waals surface area contributed by atoms with Crippen LogP contribution >= 0.6 is 0 Å². The molecular formula is C8H10FN3. The predicted octanol–water partition coefficient (Wildman–Crippen LogP) is 1.53. The van der Waals surface area contributed by atoms with Crippen LogP contribution in [-0.4, -0.2) is 17.0 Å². The lowest BCUT2D eigenvalue weighted by Crippen LogP contribution is -2.01. The first-order valence-electron chi connectivity index (χ1n) is 4.01. The summed E-state index contributed by atoms with van der Waals surface area (Å²) in [6, 6.07) is 0. The highest BCUT2D eigenvalue weighted by Gasteiger charge is 2.29. The molecule has 0 spiro atoms. The number of halogens is 1. The van der Waals surface area contributed by atoms with Gasteiger partial charge in [-0.3, -0.25) is 0 Å². The first-order valence-corrected chi connectivity index (χ1v) is 4.01. The third-order valence-electron chi connectivity index (χ3n) is 2.02. The van der Waals surface area contributed by atoms with Gasteiger partial charge in [0.25, 0.3) is 0 Å². The fraction of sp³-hybridized carbons (Fsp3) is 0.500. The van der Waals surface area contributed by atoms with Gasteiger partial charge in [0.2, 0.25) is 0 Å². The Hall–Kier alpha value is -1.19. The lowest BCUT2D eigenvalue weighted by molar-refractivity contribution is 0.596. The van der Waals surface area contributed by atoms with Gasteiger partial charge in [0.05, 0.1) is 5.69 Å². The van der Waals surface area contributed by atoms with Crippen LogP contribution in [-0.2, 0) is 0 Å². The number of rotatable bonds is 2. The summed E-state index contributed by atoms with van der Waals surface area (Å²) in [5.74, 6) is 0.342. The third kappa shape index (κ3) is 1.13. The summed E-state index contributed by atoms with van der Waals surface area (Å²) in [6.07, 6.45) is 3.51. The fourth-order valence-electron chi connectivity index (χ4n) is 1.20. The SMILES string of the molecule is CNc1ncnc(C2CC2)c1F. The van der Waals surface area contributed by atoms with Crippen LogP contribution in [0.3, 0.4) is 0 Å². The number of nitrogens with one attached hydrogen (secondary N) is 1. The fourth-order valence-corrected chi connectivity index (χ4v) is 1.20. The van der Waals surface area contributed by atoms with E-state index in [0.717, 1.165) is 12.8 Å². The first-order chi connectivity index (χ1) is 5.83. The average molecular weight is 167 g/mol. The minimum atomic E-state index is -0.289. The van der Waals surface area contributed by atoms with Crippen molar-refractivity contribution in [2.24, 2.45) is 0 Å². The minimum absolute atomic E-state index is 0.289. The van der Waals surface area contributed by atoms with Crippen molar-refractivity contribution in [1.82, 2.24) is 9.97 Å². The normalized spacial score (nSPS) is 16.2. The summed E-state index contributed by atoms with van der Waals surface area (Å²) in [6.45, 7) is 0. The zero-order valence-electron chi connectivity index (χ0n) is 6.84. The van der Waals surface area contributed by atoms with E-state index in [2.05, 4.69) is 15.3 Å². The Morgan fingerprint density at radius 2 is 2.25 bits per heavy atom. The van der Waals surface area contributed by atoms with Gasteiger partial charge in [0.15, 0.2) is 11.6 Å². The molecule has 1 aliphatic carbocycles. The van der Waals surface area contributed by atoms with Crippen LogP contribution in [0.2, 0.25) is 0 Å². The largest absolute Gasteiger partial charge is 0.371 e. The van der Waals surface area contributed by atoms with Crippen molar-refractivity contribution in [3.05, 3.63) is 17.8 Å². The van der Waals surface area contributed by atoms with E-state index >= 15 is 0 Å². The van der Waals surface area contributed by atoms with E-state index < -0.39 is 0 Å². The van der Waals surface area contributed by atoms with Crippen molar-refractivity contribution in [3.8, 4) is 0 Å². The monoisotopic (exact) mass is 167 g/mol. The predicted molar refractivity (Wildman–Crippen MR) is 43.5 cm³/mol. The van der Waals surface area contributed by atoms with Gasteiger partial charge in [-0.1, -0.05) is 0 Å². The Bertz CT molecular complexity index is 296. The molecular weight excluding hydrogens is 157 g/mol. The van der Waals surface area contributed by atoms with Crippen molar-refractivity contribution in [1.29, 1.82) is 0 Å². The second-order valence-corrected chi connectivity index (χ2v) is 2.95. The van der Waals surface area contributed by atoms with Gasteiger partial charge in [0, 0.05) is 13.0 Å². The third-order valence-corrected chi connectivity index (χ3v) is 2.02. The van der Waals surface area contributed by atoms with E-state index in [9.17, 15) is 4.39 Å². The molecule has 0 bridgehead atoms. The van der Waals surface area contributed by atoms with Crippen LogP contribution in [0.15, 0.2) is 6.33 Å². The molecule has 0 amide bonds. The highest BCUT2D eigenvalue weighted by atomic mass is 19.1. The number of nitrogens with zero attached hydrogens (tertiary/aromatic N) is 2. The number of hydrogen-bond acceptors (Lipinski definition) is 3. The molecule has 0 aromatic carbocycles. The van der Waals surface area contributed by atoms with E-state index in [-0.39, 0.29) is 5.82 Å². The number of aromatic nitrogens is 2. The molecule has 1 saturated carbocycles. The standard InChI is InChI=1S/C8H10FN3/c1-10-8-6(9)7(5-2-3-5)11-4-12-8/h4-5H,2-3H2,1H3,(H,10,11,12). The summed E-state index contributed by atoms with van der Waals surface area (Å²) in [4.78, 5) is 7.69. The lowest BCUT2D eigenvalue weighted by Gasteiger charge is -2.03. The molecule has 2 rings (SSSR count). The Kier molecular flexibility index (Phi) is 1.67. The zero-order chi connectivity index (χ0) is 8.55.